The average molecular weight is 322 g/mol. The van der Waals surface area contributed by atoms with Crippen molar-refractivity contribution >= 4 is 44.8 Å². The first-order chi connectivity index (χ1) is 8.04. The lowest BCUT2D eigenvalue weighted by Gasteiger charge is -2.06. The Kier molecular flexibility index (Phi) is 5.37. The van der Waals surface area contributed by atoms with Crippen LogP contribution in [0.3, 0.4) is 0 Å². The zero-order valence-corrected chi connectivity index (χ0v) is 11.1. The molecule has 0 saturated heterocycles. The van der Waals surface area contributed by atoms with Crippen LogP contribution < -0.4 is 5.32 Å². The Balaban J connectivity index is 2.72. The molecule has 7 heteroatoms. The third-order valence-electron chi connectivity index (χ3n) is 1.98. The predicted octanol–water partition coefficient (Wildman–Crippen LogP) is 3.31. The van der Waals surface area contributed by atoms with Gasteiger partial charge in [-0.2, -0.15) is 0 Å². The molecule has 0 aliphatic heterocycles. The highest BCUT2D eigenvalue weighted by atomic mass is 79.9. The number of hydrogen-bond donors (Lipinski definition) is 1. The van der Waals surface area contributed by atoms with Gasteiger partial charge in [-0.05, 0) is 28.4 Å². The summed E-state index contributed by atoms with van der Waals surface area (Å²) in [7, 11) is 0. The van der Waals surface area contributed by atoms with Gasteiger partial charge >= 0.3 is 0 Å². The number of benzene rings is 1. The van der Waals surface area contributed by atoms with E-state index in [1.165, 1.54) is 18.2 Å². The zero-order valence-electron chi connectivity index (χ0n) is 8.78. The number of hydrogen-bond acceptors (Lipinski definition) is 3. The Bertz CT molecular complexity index is 440. The second-order valence-corrected chi connectivity index (χ2v) is 4.49. The minimum atomic E-state index is -0.496. The summed E-state index contributed by atoms with van der Waals surface area (Å²) in [4.78, 5) is 21.4. The zero-order chi connectivity index (χ0) is 12.8. The van der Waals surface area contributed by atoms with Crippen molar-refractivity contribution in [1.82, 2.24) is 0 Å². The number of alkyl halides is 1. The minimum Gasteiger partial charge on any atom is -0.325 e. The number of amides is 1. The van der Waals surface area contributed by atoms with Gasteiger partial charge in [-0.25, -0.2) is 0 Å². The van der Waals surface area contributed by atoms with Crippen LogP contribution in [0.4, 0.5) is 11.4 Å². The summed E-state index contributed by atoms with van der Waals surface area (Å²) in [6, 6.07) is 4.17. The molecule has 0 spiro atoms. The van der Waals surface area contributed by atoms with E-state index in [9.17, 15) is 14.9 Å². The van der Waals surface area contributed by atoms with E-state index in [1.807, 2.05) is 0 Å². The van der Waals surface area contributed by atoms with Crippen molar-refractivity contribution in [2.45, 2.75) is 12.8 Å². The van der Waals surface area contributed by atoms with E-state index in [4.69, 9.17) is 11.6 Å². The van der Waals surface area contributed by atoms with E-state index in [2.05, 4.69) is 21.2 Å². The number of nitrogens with one attached hydrogen (secondary N) is 1. The van der Waals surface area contributed by atoms with Crippen LogP contribution in [0.25, 0.3) is 0 Å². The lowest BCUT2D eigenvalue weighted by molar-refractivity contribution is -0.384. The first-order valence-electron chi connectivity index (χ1n) is 4.84. The summed E-state index contributed by atoms with van der Waals surface area (Å²) in [6.07, 6.45) is 0.922. The molecule has 1 N–H and O–H groups in total. The summed E-state index contributed by atoms with van der Waals surface area (Å²) in [5.41, 5.74) is 0.478. The quantitative estimate of drug-likeness (QED) is 0.514. The number of nitro benzene ring substituents is 1. The molecule has 1 aromatic rings. The highest BCUT2D eigenvalue weighted by molar-refractivity contribution is 9.10. The summed E-state index contributed by atoms with van der Waals surface area (Å²) in [5.74, 6) is 0.259. The molecule has 1 rings (SSSR count). The van der Waals surface area contributed by atoms with Gasteiger partial charge in [0.15, 0.2) is 0 Å². The van der Waals surface area contributed by atoms with E-state index in [0.717, 1.165) is 0 Å². The maximum absolute atomic E-state index is 11.4. The first kappa shape index (κ1) is 13.9. The van der Waals surface area contributed by atoms with Gasteiger partial charge in [-0.15, -0.1) is 11.6 Å². The fourth-order valence-corrected chi connectivity index (χ4v) is 1.76. The van der Waals surface area contributed by atoms with Crippen molar-refractivity contribution in [3.05, 3.63) is 32.8 Å². The number of carbonyl (C=O) groups is 1. The summed E-state index contributed by atoms with van der Waals surface area (Å²) < 4.78 is 0.478. The van der Waals surface area contributed by atoms with Crippen LogP contribution in [-0.4, -0.2) is 16.7 Å². The Morgan fingerprint density at radius 2 is 2.24 bits per heavy atom. The van der Waals surface area contributed by atoms with Crippen LogP contribution in [0, 0.1) is 10.1 Å². The van der Waals surface area contributed by atoms with E-state index in [1.54, 1.807) is 0 Å². The molecule has 5 nitrogen and oxygen atoms in total. The molecule has 1 amide bonds. The Hall–Kier alpha value is -1.14. The second-order valence-electron chi connectivity index (χ2n) is 3.26. The third kappa shape index (κ3) is 4.32. The van der Waals surface area contributed by atoms with Crippen molar-refractivity contribution in [3.63, 3.8) is 0 Å². The highest BCUT2D eigenvalue weighted by Crippen LogP contribution is 2.27. The van der Waals surface area contributed by atoms with Crippen molar-refractivity contribution in [2.75, 3.05) is 11.2 Å². The molecule has 0 atom stereocenters. The number of nitro groups is 1. The Morgan fingerprint density at radius 1 is 1.53 bits per heavy atom. The lowest BCUT2D eigenvalue weighted by atomic mass is 10.2. The number of nitrogens with zero attached hydrogens (tertiary/aromatic N) is 1. The monoisotopic (exact) mass is 320 g/mol. The number of halogens is 2. The fourth-order valence-electron chi connectivity index (χ4n) is 1.16. The molecule has 0 unspecified atom stereocenters. The molecule has 1 aromatic carbocycles. The molecular weight excluding hydrogens is 311 g/mol. The standard InChI is InChI=1S/C10H10BrClN2O3/c11-8-6-7(14(16)17)3-4-9(8)13-10(15)2-1-5-12/h3-4,6H,1-2,5H2,(H,13,15). The fraction of sp³-hybridized carbons (Fsp3) is 0.300. The molecule has 0 aromatic heterocycles. The lowest BCUT2D eigenvalue weighted by Crippen LogP contribution is -2.11. The SMILES string of the molecule is O=C(CCCCl)Nc1ccc([N+](=O)[O-])cc1Br. The molecule has 0 aliphatic rings. The summed E-state index contributed by atoms with van der Waals surface area (Å²) in [6.45, 7) is 0. The molecule has 0 bridgehead atoms. The molecule has 0 saturated carbocycles. The van der Waals surface area contributed by atoms with Crippen LogP contribution >= 0.6 is 27.5 Å². The van der Waals surface area contributed by atoms with Crippen LogP contribution in [0.5, 0.6) is 0 Å². The largest absolute Gasteiger partial charge is 0.325 e. The number of non-ortho nitro benzene ring substituents is 1. The van der Waals surface area contributed by atoms with Crippen LogP contribution in [0.15, 0.2) is 22.7 Å². The van der Waals surface area contributed by atoms with Crippen LogP contribution in [0.1, 0.15) is 12.8 Å². The van der Waals surface area contributed by atoms with Crippen molar-refractivity contribution in [1.29, 1.82) is 0 Å². The second kappa shape index (κ2) is 6.56. The van der Waals surface area contributed by atoms with Crippen LogP contribution in [0.2, 0.25) is 0 Å². The van der Waals surface area contributed by atoms with Crippen molar-refractivity contribution < 1.29 is 9.72 Å². The van der Waals surface area contributed by atoms with Gasteiger partial charge in [0.25, 0.3) is 5.69 Å². The topological polar surface area (TPSA) is 72.2 Å². The smallest absolute Gasteiger partial charge is 0.270 e. The normalized spacial score (nSPS) is 10.0. The number of carbonyl (C=O) groups excluding carboxylic acids is 1. The van der Waals surface area contributed by atoms with Gasteiger partial charge in [0.1, 0.15) is 0 Å². The van der Waals surface area contributed by atoms with E-state index < -0.39 is 4.92 Å². The number of rotatable bonds is 5. The van der Waals surface area contributed by atoms with Gasteiger partial charge in [0.05, 0.1) is 10.6 Å². The van der Waals surface area contributed by atoms with E-state index >= 15 is 0 Å². The predicted molar refractivity (Wildman–Crippen MR) is 69.4 cm³/mol. The Labute approximate surface area is 111 Å². The number of anilines is 1. The van der Waals surface area contributed by atoms with E-state index in [-0.39, 0.29) is 11.6 Å². The van der Waals surface area contributed by atoms with Gasteiger partial charge in [0, 0.05) is 28.9 Å². The molecule has 92 valence electrons. The van der Waals surface area contributed by atoms with Gasteiger partial charge in [-0.1, -0.05) is 0 Å². The van der Waals surface area contributed by atoms with Crippen molar-refractivity contribution in [2.24, 2.45) is 0 Å². The third-order valence-corrected chi connectivity index (χ3v) is 2.90. The molecule has 0 heterocycles. The minimum absolute atomic E-state index is 0.0318. The molecule has 17 heavy (non-hydrogen) atoms. The van der Waals surface area contributed by atoms with Gasteiger partial charge < -0.3 is 5.32 Å². The maximum atomic E-state index is 11.4. The first-order valence-corrected chi connectivity index (χ1v) is 6.17. The summed E-state index contributed by atoms with van der Waals surface area (Å²) in [5, 5.41) is 13.2. The van der Waals surface area contributed by atoms with Gasteiger partial charge in [-0.3, -0.25) is 14.9 Å². The maximum Gasteiger partial charge on any atom is 0.270 e. The van der Waals surface area contributed by atoms with E-state index in [0.29, 0.717) is 28.9 Å². The van der Waals surface area contributed by atoms with Gasteiger partial charge in [0.2, 0.25) is 5.91 Å². The Morgan fingerprint density at radius 3 is 2.76 bits per heavy atom. The molecular formula is C10H10BrClN2O3. The molecule has 0 fully saturated rings. The molecule has 0 aliphatic carbocycles. The average Bonchev–Trinajstić information content (AvgIpc) is 2.28. The molecule has 0 radical (unpaired) electrons. The highest BCUT2D eigenvalue weighted by Gasteiger charge is 2.10. The van der Waals surface area contributed by atoms with Crippen LogP contribution in [-0.2, 0) is 4.79 Å². The van der Waals surface area contributed by atoms with Crippen molar-refractivity contribution in [3.8, 4) is 0 Å². The summed E-state index contributed by atoms with van der Waals surface area (Å²) >= 11 is 8.64.